The maximum atomic E-state index is 13.7. The van der Waals surface area contributed by atoms with Crippen LogP contribution >= 0.6 is 11.6 Å². The molecule has 1 saturated heterocycles. The van der Waals surface area contributed by atoms with Crippen LogP contribution in [-0.2, 0) is 13.0 Å². The highest BCUT2D eigenvalue weighted by Crippen LogP contribution is 2.28. The molecule has 0 radical (unpaired) electrons. The third-order valence-electron chi connectivity index (χ3n) is 8.46. The van der Waals surface area contributed by atoms with Crippen molar-refractivity contribution in [2.75, 3.05) is 26.2 Å². The van der Waals surface area contributed by atoms with E-state index in [9.17, 15) is 10.1 Å². The summed E-state index contributed by atoms with van der Waals surface area (Å²) in [6.45, 7) is 10.8. The van der Waals surface area contributed by atoms with Gasteiger partial charge in [-0.2, -0.15) is 5.26 Å². The first-order chi connectivity index (χ1) is 21.8. The lowest BCUT2D eigenvalue weighted by molar-refractivity contribution is 0.0929. The molecule has 1 fully saturated rings. The van der Waals surface area contributed by atoms with Crippen LogP contribution in [0.4, 0.5) is 0 Å². The molecular formula is C37H42ClN5O2. The number of amides is 1. The number of aryl methyl sites for hydroxylation is 1. The van der Waals surface area contributed by atoms with Crippen LogP contribution in [0.2, 0.25) is 5.02 Å². The lowest BCUT2D eigenvalue weighted by Gasteiger charge is -2.33. The Morgan fingerprint density at radius 2 is 1.89 bits per heavy atom. The molecule has 4 aromatic rings. The minimum absolute atomic E-state index is 0.104. The van der Waals surface area contributed by atoms with E-state index in [0.717, 1.165) is 49.5 Å². The fraction of sp³-hybridized carbons (Fsp3) is 0.351. The molecule has 0 aliphatic carbocycles. The number of rotatable bonds is 12. The lowest BCUT2D eigenvalue weighted by Crippen LogP contribution is -2.50. The van der Waals surface area contributed by atoms with Crippen molar-refractivity contribution in [3.8, 4) is 17.4 Å². The molecule has 3 atom stereocenters. The summed E-state index contributed by atoms with van der Waals surface area (Å²) in [6, 6.07) is 28.1. The summed E-state index contributed by atoms with van der Waals surface area (Å²) in [5.41, 5.74) is 5.36. The van der Waals surface area contributed by atoms with Gasteiger partial charge in [-0.3, -0.25) is 4.79 Å². The molecule has 2 heterocycles. The topological polar surface area (TPSA) is 93.3 Å². The van der Waals surface area contributed by atoms with Crippen molar-refractivity contribution >= 4 is 17.5 Å². The zero-order chi connectivity index (χ0) is 31.8. The first-order valence-corrected chi connectivity index (χ1v) is 16.1. The number of benzene rings is 3. The standard InChI is InChI=1S/C37H42ClN5O2/c1-25-4-10-30(11-5-25)27(3)41-23-33-13-15-36(45-33)31-12-14-35(38)34(21-31)37(44)42-32(16-18-43-19-17-40-26(2)24-43)20-28-6-8-29(22-39)9-7-28/h4-15,21,26-27,32,40-41H,16-20,23-24H2,1-3H3,(H,42,44)/t26?,27?,32-/m0/s1. The van der Waals surface area contributed by atoms with Crippen LogP contribution in [0.1, 0.15) is 64.7 Å². The Labute approximate surface area is 271 Å². The van der Waals surface area contributed by atoms with Crippen LogP contribution < -0.4 is 16.0 Å². The number of hydrogen-bond donors (Lipinski definition) is 3. The van der Waals surface area contributed by atoms with Crippen molar-refractivity contribution in [3.63, 3.8) is 0 Å². The van der Waals surface area contributed by atoms with Gasteiger partial charge in [0.05, 0.1) is 28.8 Å². The maximum absolute atomic E-state index is 13.7. The molecule has 1 amide bonds. The molecule has 1 aliphatic rings. The van der Waals surface area contributed by atoms with Crippen LogP contribution in [0.25, 0.3) is 11.3 Å². The van der Waals surface area contributed by atoms with E-state index in [2.05, 4.69) is 72.0 Å². The zero-order valence-corrected chi connectivity index (χ0v) is 27.0. The van der Waals surface area contributed by atoms with E-state index in [1.165, 1.54) is 11.1 Å². The van der Waals surface area contributed by atoms with Gasteiger partial charge < -0.3 is 25.3 Å². The monoisotopic (exact) mass is 623 g/mol. The molecule has 1 aliphatic heterocycles. The average Bonchev–Trinajstić information content (AvgIpc) is 3.52. The number of halogens is 1. The Morgan fingerprint density at radius 3 is 2.62 bits per heavy atom. The van der Waals surface area contributed by atoms with Gasteiger partial charge >= 0.3 is 0 Å². The maximum Gasteiger partial charge on any atom is 0.253 e. The second-order valence-electron chi connectivity index (χ2n) is 12.1. The summed E-state index contributed by atoms with van der Waals surface area (Å²) in [7, 11) is 0. The second-order valence-corrected chi connectivity index (χ2v) is 12.5. The van der Waals surface area contributed by atoms with E-state index in [4.69, 9.17) is 16.0 Å². The minimum Gasteiger partial charge on any atom is -0.460 e. The molecule has 5 rings (SSSR count). The highest BCUT2D eigenvalue weighted by atomic mass is 35.5. The van der Waals surface area contributed by atoms with Crippen LogP contribution in [0.5, 0.6) is 0 Å². The lowest BCUT2D eigenvalue weighted by atomic mass is 10.0. The Kier molecular flexibility index (Phi) is 11.1. The molecular weight excluding hydrogens is 582 g/mol. The fourth-order valence-corrected chi connectivity index (χ4v) is 5.95. The van der Waals surface area contributed by atoms with Crippen LogP contribution in [-0.4, -0.2) is 49.1 Å². The van der Waals surface area contributed by atoms with Crippen molar-refractivity contribution in [1.82, 2.24) is 20.9 Å². The van der Waals surface area contributed by atoms with Gasteiger partial charge in [0, 0.05) is 49.9 Å². The van der Waals surface area contributed by atoms with Gasteiger partial charge in [-0.1, -0.05) is 53.6 Å². The van der Waals surface area contributed by atoms with Crippen LogP contribution in [0.3, 0.4) is 0 Å². The first kappa shape index (κ1) is 32.5. The number of carbonyl (C=O) groups excluding carboxylic acids is 1. The number of piperazine rings is 1. The molecule has 3 N–H and O–H groups in total. The van der Waals surface area contributed by atoms with Gasteiger partial charge in [-0.15, -0.1) is 0 Å². The van der Waals surface area contributed by atoms with Gasteiger partial charge in [-0.25, -0.2) is 0 Å². The summed E-state index contributed by atoms with van der Waals surface area (Å²) >= 11 is 6.58. The Morgan fingerprint density at radius 1 is 1.11 bits per heavy atom. The van der Waals surface area contributed by atoms with Gasteiger partial charge in [0.25, 0.3) is 5.91 Å². The SMILES string of the molecule is Cc1ccc(C(C)NCc2ccc(-c3ccc(Cl)c(C(=O)N[C@@H](CCN4CCNC(C)C4)Cc4ccc(C#N)cc4)c3)o2)cc1. The van der Waals surface area contributed by atoms with Crippen molar-refractivity contribution in [2.24, 2.45) is 0 Å². The molecule has 2 unspecified atom stereocenters. The molecule has 7 nitrogen and oxygen atoms in total. The van der Waals surface area contributed by atoms with Gasteiger partial charge in [0.1, 0.15) is 11.5 Å². The molecule has 45 heavy (non-hydrogen) atoms. The number of hydrogen-bond acceptors (Lipinski definition) is 6. The van der Waals surface area contributed by atoms with Crippen molar-refractivity contribution < 1.29 is 9.21 Å². The Balaban J connectivity index is 1.26. The second kappa shape index (κ2) is 15.4. The highest BCUT2D eigenvalue weighted by molar-refractivity contribution is 6.34. The average molecular weight is 624 g/mol. The highest BCUT2D eigenvalue weighted by Gasteiger charge is 2.21. The largest absolute Gasteiger partial charge is 0.460 e. The summed E-state index contributed by atoms with van der Waals surface area (Å²) < 4.78 is 6.17. The number of nitrogens with zero attached hydrogens (tertiary/aromatic N) is 2. The smallest absolute Gasteiger partial charge is 0.253 e. The van der Waals surface area contributed by atoms with Crippen molar-refractivity contribution in [2.45, 2.75) is 58.3 Å². The van der Waals surface area contributed by atoms with Gasteiger partial charge in [-0.05, 0) is 87.2 Å². The van der Waals surface area contributed by atoms with E-state index < -0.39 is 0 Å². The molecule has 0 spiro atoms. The third kappa shape index (κ3) is 9.06. The van der Waals surface area contributed by atoms with E-state index in [0.29, 0.717) is 40.9 Å². The Bertz CT molecular complexity index is 1610. The number of nitrogens with one attached hydrogen (secondary N) is 3. The zero-order valence-electron chi connectivity index (χ0n) is 26.3. The summed E-state index contributed by atoms with van der Waals surface area (Å²) in [5.74, 6) is 1.28. The molecule has 0 bridgehead atoms. The predicted octanol–water partition coefficient (Wildman–Crippen LogP) is 6.66. The normalized spacial score (nSPS) is 16.6. The van der Waals surface area contributed by atoms with Crippen molar-refractivity contribution in [1.29, 1.82) is 5.26 Å². The minimum atomic E-state index is -0.213. The van der Waals surface area contributed by atoms with Crippen molar-refractivity contribution in [3.05, 3.63) is 117 Å². The first-order valence-electron chi connectivity index (χ1n) is 15.7. The predicted molar refractivity (Wildman–Crippen MR) is 180 cm³/mol. The third-order valence-corrected chi connectivity index (χ3v) is 8.79. The number of nitriles is 1. The van der Waals surface area contributed by atoms with E-state index in [-0.39, 0.29) is 18.0 Å². The Hall–Kier alpha value is -3.93. The molecule has 8 heteroatoms. The number of furan rings is 1. The van der Waals surface area contributed by atoms with E-state index >= 15 is 0 Å². The molecule has 234 valence electrons. The summed E-state index contributed by atoms with van der Waals surface area (Å²) in [4.78, 5) is 16.1. The van der Waals surface area contributed by atoms with E-state index in [1.807, 2.05) is 42.5 Å². The summed E-state index contributed by atoms with van der Waals surface area (Å²) in [5, 5.41) is 19.9. The van der Waals surface area contributed by atoms with Crippen LogP contribution in [0, 0.1) is 18.3 Å². The number of carbonyl (C=O) groups is 1. The quantitative estimate of drug-likeness (QED) is 0.164. The van der Waals surface area contributed by atoms with Crippen LogP contribution in [0.15, 0.2) is 83.3 Å². The van der Waals surface area contributed by atoms with Gasteiger partial charge in [0.2, 0.25) is 0 Å². The molecule has 0 saturated carbocycles. The van der Waals surface area contributed by atoms with E-state index in [1.54, 1.807) is 12.1 Å². The molecule has 1 aromatic heterocycles. The van der Waals surface area contributed by atoms with Gasteiger partial charge in [0.15, 0.2) is 0 Å². The fourth-order valence-electron chi connectivity index (χ4n) is 5.75. The molecule has 3 aromatic carbocycles. The summed E-state index contributed by atoms with van der Waals surface area (Å²) in [6.07, 6.45) is 1.46.